The van der Waals surface area contributed by atoms with Gasteiger partial charge in [0.15, 0.2) is 29.6 Å². The van der Waals surface area contributed by atoms with E-state index >= 15 is 8.78 Å². The van der Waals surface area contributed by atoms with Crippen molar-refractivity contribution in [1.82, 2.24) is 24.6 Å². The van der Waals surface area contributed by atoms with Gasteiger partial charge in [0.2, 0.25) is 5.91 Å². The Hall–Kier alpha value is -6.57. The quantitative estimate of drug-likeness (QED) is 0.0311. The lowest BCUT2D eigenvalue weighted by atomic mass is 9.97. The minimum absolute atomic E-state index is 0.0734. The molecule has 24 nitrogen and oxygen atoms in total. The Morgan fingerprint density at radius 1 is 0.725 bits per heavy atom. The summed E-state index contributed by atoms with van der Waals surface area (Å²) < 4.78 is 103. The number of aliphatic hydroxyl groups excluding tert-OH is 2. The van der Waals surface area contributed by atoms with Crippen molar-refractivity contribution in [2.45, 2.75) is 121 Å². The average molecular weight is 1160 g/mol. The minimum Gasteiger partial charge on any atom is -0.465 e. The second kappa shape index (κ2) is 27.7. The molecule has 4 unspecified atom stereocenters. The molecule has 2 amide bonds. The zero-order valence-electron chi connectivity index (χ0n) is 44.5. The molecule has 7 rings (SSSR count). The fourth-order valence-corrected chi connectivity index (χ4v) is 10.9. The molecule has 2 saturated heterocycles. The number of amides is 2. The highest BCUT2D eigenvalue weighted by Gasteiger charge is 2.58. The van der Waals surface area contributed by atoms with Crippen molar-refractivity contribution in [3.63, 3.8) is 0 Å². The maximum atomic E-state index is 15.9. The van der Waals surface area contributed by atoms with Gasteiger partial charge in [-0.1, -0.05) is 68.4 Å². The summed E-state index contributed by atoms with van der Waals surface area (Å²) in [5.41, 5.74) is -5.58. The lowest BCUT2D eigenvalue weighted by Crippen LogP contribution is -2.51. The number of anilines is 1. The molecule has 4 aromatic rings. The first kappa shape index (κ1) is 62.6. The van der Waals surface area contributed by atoms with E-state index in [9.17, 15) is 48.1 Å². The zero-order chi connectivity index (χ0) is 58.4. The van der Waals surface area contributed by atoms with Gasteiger partial charge in [-0.15, -0.1) is 0 Å². The van der Waals surface area contributed by atoms with Crippen LogP contribution in [-0.4, -0.2) is 135 Å². The van der Waals surface area contributed by atoms with E-state index in [0.717, 1.165) is 35.6 Å². The van der Waals surface area contributed by atoms with Gasteiger partial charge in [0.1, 0.15) is 53.8 Å². The lowest BCUT2D eigenvalue weighted by Gasteiger charge is -2.32. The number of hydrogen-bond donors (Lipinski definition) is 5. The Morgan fingerprint density at radius 3 is 1.62 bits per heavy atom. The highest BCUT2D eigenvalue weighted by molar-refractivity contribution is 7.52. The number of halogens is 2. The Kier molecular flexibility index (Phi) is 21.7. The molecule has 12 atom stereocenters. The Labute approximate surface area is 459 Å². The summed E-state index contributed by atoms with van der Waals surface area (Å²) in [7, 11) is -8.62. The second-order valence-electron chi connectivity index (χ2n) is 18.8. The van der Waals surface area contributed by atoms with Crippen molar-refractivity contribution in [2.75, 3.05) is 31.7 Å². The van der Waals surface area contributed by atoms with Gasteiger partial charge < -0.3 is 43.5 Å². The molecule has 0 saturated carbocycles. The summed E-state index contributed by atoms with van der Waals surface area (Å²) in [6, 6.07) is 23.4. The van der Waals surface area contributed by atoms with Gasteiger partial charge in [-0.2, -0.15) is 15.2 Å². The molecule has 2 fully saturated rings. The van der Waals surface area contributed by atoms with Crippen LogP contribution in [0, 0.1) is 0 Å². The van der Waals surface area contributed by atoms with Gasteiger partial charge in [0.05, 0.1) is 32.8 Å². The number of nitrogens with zero attached hydrogens (tertiary/aromatic N) is 3. The zero-order valence-corrected chi connectivity index (χ0v) is 46.2. The molecule has 0 spiro atoms. The number of hydrogen-bond acceptors (Lipinski definition) is 19. The van der Waals surface area contributed by atoms with E-state index in [0.29, 0.717) is 18.4 Å². The van der Waals surface area contributed by atoms with Gasteiger partial charge >= 0.3 is 33.1 Å². The summed E-state index contributed by atoms with van der Waals surface area (Å²) in [5.74, 6) is -2.77. The number of ketones is 1. The highest BCUT2D eigenvalue weighted by Crippen LogP contribution is 2.49. The van der Waals surface area contributed by atoms with E-state index in [-0.39, 0.29) is 30.5 Å². The van der Waals surface area contributed by atoms with Crippen LogP contribution in [0.2, 0.25) is 0 Å². The first-order chi connectivity index (χ1) is 37.9. The van der Waals surface area contributed by atoms with Gasteiger partial charge in [-0.05, 0) is 89.1 Å². The maximum absolute atomic E-state index is 15.9. The molecule has 0 aliphatic carbocycles. The number of ether oxygens (including phenoxy) is 4. The number of para-hydroxylation sites is 2. The van der Waals surface area contributed by atoms with Crippen LogP contribution in [0.25, 0.3) is 0 Å². The third-order valence-corrected chi connectivity index (χ3v) is 15.4. The van der Waals surface area contributed by atoms with Crippen molar-refractivity contribution in [3.8, 4) is 11.5 Å². The van der Waals surface area contributed by atoms with Crippen molar-refractivity contribution in [3.05, 3.63) is 132 Å². The summed E-state index contributed by atoms with van der Waals surface area (Å²) in [6.07, 6.45) is -5.51. The van der Waals surface area contributed by atoms with E-state index in [1.807, 2.05) is 13.8 Å². The van der Waals surface area contributed by atoms with Crippen LogP contribution in [0.5, 0.6) is 11.5 Å². The third-order valence-electron chi connectivity index (χ3n) is 12.1. The lowest BCUT2D eigenvalue weighted by molar-refractivity contribution is -0.150. The monoisotopic (exact) mass is 1160 g/mol. The molecular weight excluding hydrogens is 1100 g/mol. The fraction of sp³-hybridized carbons (Fsp3) is 0.442. The van der Waals surface area contributed by atoms with Crippen LogP contribution in [0.3, 0.4) is 0 Å². The predicted molar refractivity (Wildman–Crippen MR) is 281 cm³/mol. The van der Waals surface area contributed by atoms with Crippen LogP contribution in [0.15, 0.2) is 120 Å². The van der Waals surface area contributed by atoms with Crippen LogP contribution in [0.4, 0.5) is 14.6 Å². The number of aliphatic hydroxyl groups is 2. The van der Waals surface area contributed by atoms with E-state index < -0.39 is 131 Å². The van der Waals surface area contributed by atoms with Gasteiger partial charge in [-0.25, -0.2) is 22.7 Å². The van der Waals surface area contributed by atoms with Gasteiger partial charge in [0, 0.05) is 18.0 Å². The van der Waals surface area contributed by atoms with E-state index in [2.05, 4.69) is 20.5 Å². The number of esters is 2. The molecule has 5 N–H and O–H groups in total. The summed E-state index contributed by atoms with van der Waals surface area (Å²) in [4.78, 5) is 78.2. The topological polar surface area (TPSA) is 308 Å². The first-order valence-corrected chi connectivity index (χ1v) is 28.4. The molecule has 1 aromatic heterocycles. The highest BCUT2D eigenvalue weighted by atomic mass is 31.2. The number of nitrogens with one attached hydrogen (secondary N) is 3. The first-order valence-electron chi connectivity index (χ1n) is 25.3. The van der Waals surface area contributed by atoms with E-state index in [4.69, 9.17) is 37.0 Å². The predicted octanol–water partition coefficient (Wildman–Crippen LogP) is 5.87. The number of carbonyl (C=O) groups is 5. The van der Waals surface area contributed by atoms with Crippen molar-refractivity contribution < 1.29 is 89.1 Å². The fourth-order valence-electron chi connectivity index (χ4n) is 7.89. The minimum atomic E-state index is -4.34. The normalized spacial score (nSPS) is 25.7. The smallest absolute Gasteiger partial charge is 0.459 e. The van der Waals surface area contributed by atoms with Crippen LogP contribution in [0.1, 0.15) is 77.4 Å². The van der Waals surface area contributed by atoms with Crippen molar-refractivity contribution in [2.24, 2.45) is 0 Å². The molecule has 3 aliphatic heterocycles. The molecule has 0 bridgehead atoms. The largest absolute Gasteiger partial charge is 0.465 e. The van der Waals surface area contributed by atoms with Crippen molar-refractivity contribution in [1.29, 1.82) is 0 Å². The van der Waals surface area contributed by atoms with Crippen molar-refractivity contribution >= 4 is 50.8 Å². The van der Waals surface area contributed by atoms with Crippen LogP contribution < -0.4 is 30.2 Å². The standard InChI is InChI=1S/C29H34FN4O9P.C23H30FN2O9P/c1-4-17-40-26(37)19(2)33-44(39,43-21-13-9-6-10-14-21)41-18-22-24(35)29(3,30)27(42-22)34-16-15-23(32-28(34)38)31-25(36)20-11-7-5-8-12-20;1-4-12-32-21(30)15(2)25-36(31,35-17-8-6-5-7-9-17)33-14-18-20(29)23(3,24)22(34-18)26-11-10-16(27)13-19(26)28/h5-16,19,22,24,27,35H,4,17-18H2,1-3H3,(H,33,39)(H,31,32,36,38);5-11,15,18,20,22,29H,4,12-14H2,1-3H3,(H,25,31)/t19?,22-,24-,27-,29-,44?;15?,18-,20-,22-,23-,36?/m11/s1. The van der Waals surface area contributed by atoms with E-state index in [1.165, 1.54) is 50.4 Å². The molecular formula is C52H64F2N6O18P2. The molecule has 4 heterocycles. The molecule has 3 aromatic carbocycles. The molecule has 0 radical (unpaired) electrons. The van der Waals surface area contributed by atoms with Gasteiger partial charge in [0.25, 0.3) is 5.91 Å². The number of benzene rings is 3. The number of aromatic nitrogens is 2. The second-order valence-corrected chi connectivity index (χ2v) is 22.1. The molecule has 3 aliphatic rings. The van der Waals surface area contributed by atoms with Crippen LogP contribution in [-0.2, 0) is 56.3 Å². The Bertz CT molecular complexity index is 2960. The van der Waals surface area contributed by atoms with E-state index in [1.54, 1.807) is 66.7 Å². The Balaban J connectivity index is 0.000000263. The SMILES string of the molecule is CCCOC(=O)C(C)NP(=O)(OC[C@H]1O[C@@H](N2C=CC(=O)CC2=O)[C@](C)(F)[C@@H]1O)Oc1ccccc1.CCCOC(=O)C(C)NP(=O)(OC[C@H]1O[C@@H](n2ccc(NC(=O)c3ccccc3)nc2=O)[C@](C)(F)[C@@H]1O)Oc1ccccc1. The maximum Gasteiger partial charge on any atom is 0.459 e. The number of rotatable bonds is 24. The van der Waals surface area contributed by atoms with Gasteiger partial charge in [-0.3, -0.25) is 42.5 Å². The Morgan fingerprint density at radius 2 is 1.18 bits per heavy atom. The molecule has 80 heavy (non-hydrogen) atoms. The molecule has 28 heteroatoms. The third kappa shape index (κ3) is 16.3. The number of carbonyl (C=O) groups excluding carboxylic acids is 5. The number of allylic oxidation sites excluding steroid dienone is 1. The summed E-state index contributed by atoms with van der Waals surface area (Å²) >= 11 is 0. The summed E-state index contributed by atoms with van der Waals surface area (Å²) in [5, 5.41) is 28.9. The van der Waals surface area contributed by atoms with Crippen LogP contribution >= 0.6 is 15.5 Å². The summed E-state index contributed by atoms with van der Waals surface area (Å²) in [6.45, 7) is 7.59. The molecule has 434 valence electrons. The average Bonchev–Trinajstić information content (AvgIpc) is 3.97. The number of alkyl halides is 2.